The van der Waals surface area contributed by atoms with Crippen LogP contribution in [0.3, 0.4) is 0 Å². The van der Waals surface area contributed by atoms with Crippen molar-refractivity contribution in [3.05, 3.63) is 28.7 Å². The predicted octanol–water partition coefficient (Wildman–Crippen LogP) is 1.96. The number of tetrazole rings is 1. The standard InChI is InChI=1S/C14H16ClF3N6O2/c1-25-4-3-24-21-12(20-22-24)11-8-23(2-5-26-11)13-10(15)6-9(7-19-13)14(16,17)18/h6-7,11H,2-5,8H2,1H3. The lowest BCUT2D eigenvalue weighted by Crippen LogP contribution is -2.39. The van der Waals surface area contributed by atoms with Crippen LogP contribution in [0.2, 0.25) is 5.02 Å². The molecule has 1 unspecified atom stereocenters. The molecule has 142 valence electrons. The summed E-state index contributed by atoms with van der Waals surface area (Å²) in [6.07, 6.45) is -4.21. The molecule has 8 nitrogen and oxygen atoms in total. The summed E-state index contributed by atoms with van der Waals surface area (Å²) in [6, 6.07) is 0.869. The summed E-state index contributed by atoms with van der Waals surface area (Å²) in [5, 5.41) is 12.0. The third kappa shape index (κ3) is 4.22. The maximum atomic E-state index is 12.7. The van der Waals surface area contributed by atoms with Crippen LogP contribution >= 0.6 is 11.6 Å². The van der Waals surface area contributed by atoms with Crippen molar-refractivity contribution in [3.63, 3.8) is 0 Å². The summed E-state index contributed by atoms with van der Waals surface area (Å²) in [5.74, 6) is 0.647. The Morgan fingerprint density at radius 1 is 1.42 bits per heavy atom. The highest BCUT2D eigenvalue weighted by Crippen LogP contribution is 2.34. The Morgan fingerprint density at radius 3 is 2.92 bits per heavy atom. The quantitative estimate of drug-likeness (QED) is 0.769. The summed E-state index contributed by atoms with van der Waals surface area (Å²) >= 11 is 6.02. The predicted molar refractivity (Wildman–Crippen MR) is 84.8 cm³/mol. The van der Waals surface area contributed by atoms with Crippen molar-refractivity contribution in [3.8, 4) is 0 Å². The SMILES string of the molecule is COCCn1nnc(C2CN(c3ncc(C(F)(F)F)cc3Cl)CCO2)n1. The molecule has 1 fully saturated rings. The van der Waals surface area contributed by atoms with Crippen LogP contribution in [-0.2, 0) is 22.2 Å². The second kappa shape index (κ2) is 7.72. The van der Waals surface area contributed by atoms with Gasteiger partial charge in [-0.1, -0.05) is 11.6 Å². The van der Waals surface area contributed by atoms with E-state index in [1.165, 1.54) is 4.80 Å². The van der Waals surface area contributed by atoms with E-state index >= 15 is 0 Å². The molecule has 1 aliphatic rings. The first-order valence-electron chi connectivity index (χ1n) is 7.74. The minimum atomic E-state index is -4.49. The fourth-order valence-electron chi connectivity index (χ4n) is 2.47. The molecule has 1 aliphatic heterocycles. The van der Waals surface area contributed by atoms with Crippen molar-refractivity contribution >= 4 is 17.4 Å². The van der Waals surface area contributed by atoms with E-state index < -0.39 is 17.8 Å². The van der Waals surface area contributed by atoms with Crippen molar-refractivity contribution in [2.75, 3.05) is 38.3 Å². The first-order valence-corrected chi connectivity index (χ1v) is 8.12. The number of anilines is 1. The van der Waals surface area contributed by atoms with Crippen LogP contribution in [0.25, 0.3) is 0 Å². The summed E-state index contributed by atoms with van der Waals surface area (Å²) in [5.41, 5.74) is -0.890. The van der Waals surface area contributed by atoms with Gasteiger partial charge in [-0.25, -0.2) is 4.98 Å². The van der Waals surface area contributed by atoms with Gasteiger partial charge in [-0.3, -0.25) is 0 Å². The normalized spacial score (nSPS) is 18.3. The molecule has 0 amide bonds. The Morgan fingerprint density at radius 2 is 2.23 bits per heavy atom. The molecule has 0 aliphatic carbocycles. The molecule has 0 saturated carbocycles. The number of pyridine rings is 1. The average Bonchev–Trinajstić information content (AvgIpc) is 3.08. The van der Waals surface area contributed by atoms with Gasteiger partial charge >= 0.3 is 6.18 Å². The van der Waals surface area contributed by atoms with Crippen LogP contribution < -0.4 is 4.90 Å². The molecular formula is C14H16ClF3N6O2. The van der Waals surface area contributed by atoms with Gasteiger partial charge in [0.2, 0.25) is 5.82 Å². The number of morpholine rings is 1. The number of methoxy groups -OCH3 is 1. The van der Waals surface area contributed by atoms with Crippen molar-refractivity contribution in [2.24, 2.45) is 0 Å². The first-order chi connectivity index (χ1) is 12.4. The van der Waals surface area contributed by atoms with Gasteiger partial charge in [0.05, 0.1) is 36.9 Å². The van der Waals surface area contributed by atoms with Crippen molar-refractivity contribution in [1.82, 2.24) is 25.2 Å². The molecule has 12 heteroatoms. The summed E-state index contributed by atoms with van der Waals surface area (Å²) in [7, 11) is 1.57. The second-order valence-electron chi connectivity index (χ2n) is 5.57. The van der Waals surface area contributed by atoms with Crippen LogP contribution in [0.1, 0.15) is 17.5 Å². The van der Waals surface area contributed by atoms with Crippen LogP contribution in [0, 0.1) is 0 Å². The summed E-state index contributed by atoms with van der Waals surface area (Å²) in [4.78, 5) is 7.02. The van der Waals surface area contributed by atoms with E-state index in [0.717, 1.165) is 12.3 Å². The van der Waals surface area contributed by atoms with E-state index in [1.807, 2.05) is 0 Å². The molecule has 0 spiro atoms. The smallest absolute Gasteiger partial charge is 0.383 e. The molecule has 26 heavy (non-hydrogen) atoms. The number of hydrogen-bond acceptors (Lipinski definition) is 7. The highest BCUT2D eigenvalue weighted by Gasteiger charge is 2.33. The Bertz CT molecular complexity index is 757. The van der Waals surface area contributed by atoms with Crippen LogP contribution in [0.5, 0.6) is 0 Å². The maximum absolute atomic E-state index is 12.7. The number of aromatic nitrogens is 5. The van der Waals surface area contributed by atoms with Gasteiger partial charge in [0.1, 0.15) is 11.9 Å². The van der Waals surface area contributed by atoms with Crippen molar-refractivity contribution < 1.29 is 22.6 Å². The number of ether oxygens (including phenoxy) is 2. The maximum Gasteiger partial charge on any atom is 0.417 e. The Balaban J connectivity index is 1.73. The Hall–Kier alpha value is -1.98. The van der Waals surface area contributed by atoms with Gasteiger partial charge in [0.25, 0.3) is 0 Å². The zero-order valence-electron chi connectivity index (χ0n) is 13.8. The Labute approximate surface area is 151 Å². The molecule has 0 aromatic carbocycles. The monoisotopic (exact) mass is 392 g/mol. The molecule has 0 bridgehead atoms. The third-order valence-electron chi connectivity index (χ3n) is 3.77. The number of nitrogens with zero attached hydrogens (tertiary/aromatic N) is 6. The molecule has 0 radical (unpaired) electrons. The highest BCUT2D eigenvalue weighted by atomic mass is 35.5. The minimum absolute atomic E-state index is 0.0721. The molecule has 1 atom stereocenters. The van der Waals surface area contributed by atoms with Gasteiger partial charge in [-0.05, 0) is 11.3 Å². The number of hydrogen-bond donors (Lipinski definition) is 0. The van der Waals surface area contributed by atoms with Crippen LogP contribution in [-0.4, -0.2) is 58.6 Å². The minimum Gasteiger partial charge on any atom is -0.383 e. The van der Waals surface area contributed by atoms with Crippen molar-refractivity contribution in [2.45, 2.75) is 18.8 Å². The molecule has 3 heterocycles. The zero-order valence-corrected chi connectivity index (χ0v) is 14.5. The lowest BCUT2D eigenvalue weighted by Gasteiger charge is -2.32. The third-order valence-corrected chi connectivity index (χ3v) is 4.04. The van der Waals surface area contributed by atoms with Crippen LogP contribution in [0.15, 0.2) is 12.3 Å². The number of halogens is 4. The fourth-order valence-corrected chi connectivity index (χ4v) is 2.75. The topological polar surface area (TPSA) is 78.2 Å². The van der Waals surface area contributed by atoms with E-state index in [2.05, 4.69) is 20.4 Å². The van der Waals surface area contributed by atoms with Gasteiger partial charge in [-0.2, -0.15) is 18.0 Å². The zero-order chi connectivity index (χ0) is 18.7. The molecule has 2 aromatic rings. The molecule has 0 N–H and O–H groups in total. The van der Waals surface area contributed by atoms with Gasteiger partial charge in [0.15, 0.2) is 0 Å². The molecule has 3 rings (SSSR count). The van der Waals surface area contributed by atoms with Crippen molar-refractivity contribution in [1.29, 1.82) is 0 Å². The Kier molecular flexibility index (Phi) is 5.58. The summed E-state index contributed by atoms with van der Waals surface area (Å²) < 4.78 is 48.8. The number of rotatable bonds is 5. The fraction of sp³-hybridized carbons (Fsp3) is 0.571. The molecule has 2 aromatic heterocycles. The average molecular weight is 393 g/mol. The van der Waals surface area contributed by atoms with E-state index in [-0.39, 0.29) is 10.8 Å². The first kappa shape index (κ1) is 18.8. The molecular weight excluding hydrogens is 377 g/mol. The van der Waals surface area contributed by atoms with Gasteiger partial charge in [0, 0.05) is 19.9 Å². The highest BCUT2D eigenvalue weighted by molar-refractivity contribution is 6.33. The summed E-state index contributed by atoms with van der Waals surface area (Å²) in [6.45, 7) is 1.96. The van der Waals surface area contributed by atoms with E-state index in [4.69, 9.17) is 21.1 Å². The lowest BCUT2D eigenvalue weighted by atomic mass is 10.2. The van der Waals surface area contributed by atoms with Gasteiger partial charge in [-0.15, -0.1) is 10.2 Å². The molecule has 1 saturated heterocycles. The van der Waals surface area contributed by atoms with Gasteiger partial charge < -0.3 is 14.4 Å². The van der Waals surface area contributed by atoms with E-state index in [9.17, 15) is 13.2 Å². The van der Waals surface area contributed by atoms with Crippen LogP contribution in [0.4, 0.5) is 19.0 Å². The van der Waals surface area contributed by atoms with E-state index in [1.54, 1.807) is 12.0 Å². The largest absolute Gasteiger partial charge is 0.417 e. The number of alkyl halides is 3. The van der Waals surface area contributed by atoms with E-state index in [0.29, 0.717) is 38.7 Å². The second-order valence-corrected chi connectivity index (χ2v) is 5.98. The lowest BCUT2D eigenvalue weighted by molar-refractivity contribution is -0.137.